The highest BCUT2D eigenvalue weighted by atomic mass is 16.3. The van der Waals surface area contributed by atoms with Crippen molar-refractivity contribution in [3.63, 3.8) is 0 Å². The van der Waals surface area contributed by atoms with Crippen molar-refractivity contribution < 1.29 is 15.3 Å². The second-order valence-electron chi connectivity index (χ2n) is 14.0. The Hall–Kier alpha value is -2.98. The van der Waals surface area contributed by atoms with Crippen LogP contribution in [0.15, 0.2) is 130 Å². The third-order valence-electron chi connectivity index (χ3n) is 8.33. The van der Waals surface area contributed by atoms with Gasteiger partial charge in [-0.2, -0.15) is 0 Å². The van der Waals surface area contributed by atoms with E-state index in [2.05, 4.69) is 154 Å². The zero-order valence-electron chi connectivity index (χ0n) is 30.1. The van der Waals surface area contributed by atoms with Crippen LogP contribution in [0.5, 0.6) is 0 Å². The van der Waals surface area contributed by atoms with Gasteiger partial charge in [-0.15, -0.1) is 0 Å². The fourth-order valence-electron chi connectivity index (χ4n) is 6.14. The molecule has 3 atom stereocenters. The Morgan fingerprint density at radius 3 is 1.71 bits per heavy atom. The zero-order valence-corrected chi connectivity index (χ0v) is 30.1. The summed E-state index contributed by atoms with van der Waals surface area (Å²) < 4.78 is 0. The van der Waals surface area contributed by atoms with Crippen LogP contribution in [0.2, 0.25) is 0 Å². The third-order valence-corrected chi connectivity index (χ3v) is 8.33. The van der Waals surface area contributed by atoms with Gasteiger partial charge in [0.15, 0.2) is 0 Å². The fourth-order valence-corrected chi connectivity index (χ4v) is 6.14. The van der Waals surface area contributed by atoms with Crippen molar-refractivity contribution in [2.24, 2.45) is 16.7 Å². The molecule has 0 saturated heterocycles. The molecule has 0 fully saturated rings. The van der Waals surface area contributed by atoms with Crippen LogP contribution in [0.3, 0.4) is 0 Å². The summed E-state index contributed by atoms with van der Waals surface area (Å²) in [6.45, 7) is 23.6. The molecule has 0 amide bonds. The summed E-state index contributed by atoms with van der Waals surface area (Å²) in [6, 6.07) is 0. The van der Waals surface area contributed by atoms with E-state index in [1.807, 2.05) is 6.08 Å². The summed E-state index contributed by atoms with van der Waals surface area (Å²) in [6.07, 6.45) is 33.8. The number of aliphatic hydroxyl groups is 3. The van der Waals surface area contributed by atoms with Crippen LogP contribution < -0.4 is 0 Å². The minimum absolute atomic E-state index is 0.00528. The molecule has 0 bridgehead atoms. The second kappa shape index (κ2) is 19.5. The quantitative estimate of drug-likeness (QED) is 0.169. The van der Waals surface area contributed by atoms with Crippen molar-refractivity contribution >= 4 is 0 Å². The molecule has 0 saturated carbocycles. The maximum absolute atomic E-state index is 10.1. The van der Waals surface area contributed by atoms with Gasteiger partial charge >= 0.3 is 0 Å². The zero-order chi connectivity index (χ0) is 34.2. The SMILES string of the molecule is CC1=C[C@H](O)CC(C)(C)[C@H]1/C=C/C(C)=C/C=C/C(C)=C/C=C/C=C(C)/C=C/C=C(C)/C=C/C1=C(C)C[C@@H](O)CC1(C)C.CCO. The molecule has 0 aromatic carbocycles. The molecule has 0 radical (unpaired) electrons. The first kappa shape index (κ1) is 40.0. The molecule has 2 rings (SSSR count). The van der Waals surface area contributed by atoms with Gasteiger partial charge in [-0.1, -0.05) is 152 Å². The highest BCUT2D eigenvalue weighted by Crippen LogP contribution is 2.42. The van der Waals surface area contributed by atoms with Gasteiger partial charge < -0.3 is 15.3 Å². The number of allylic oxidation sites excluding steroid dienone is 20. The molecule has 2 aliphatic carbocycles. The maximum atomic E-state index is 10.1. The third kappa shape index (κ3) is 15.2. The molecule has 0 unspecified atom stereocenters. The number of hydrogen-bond donors (Lipinski definition) is 3. The first-order valence-corrected chi connectivity index (χ1v) is 16.5. The molecule has 3 heteroatoms. The minimum Gasteiger partial charge on any atom is -0.397 e. The summed E-state index contributed by atoms with van der Waals surface area (Å²) >= 11 is 0. The summed E-state index contributed by atoms with van der Waals surface area (Å²) in [7, 11) is 0. The van der Waals surface area contributed by atoms with Crippen LogP contribution in [-0.4, -0.2) is 34.1 Å². The molecule has 0 aromatic heterocycles. The van der Waals surface area contributed by atoms with Gasteiger partial charge in [-0.05, 0) is 84.1 Å². The molecule has 2 aliphatic rings. The number of aliphatic hydroxyl groups excluding tert-OH is 3. The Morgan fingerprint density at radius 2 is 1.22 bits per heavy atom. The van der Waals surface area contributed by atoms with Gasteiger partial charge in [0.2, 0.25) is 0 Å². The molecule has 0 aromatic rings. The van der Waals surface area contributed by atoms with Crippen molar-refractivity contribution in [2.75, 3.05) is 6.61 Å². The Kier molecular flexibility index (Phi) is 17.4. The van der Waals surface area contributed by atoms with Gasteiger partial charge in [0, 0.05) is 12.5 Å². The molecule has 0 aliphatic heterocycles. The summed E-state index contributed by atoms with van der Waals surface area (Å²) in [5, 5.41) is 27.7. The van der Waals surface area contributed by atoms with Crippen LogP contribution in [0.25, 0.3) is 0 Å². The van der Waals surface area contributed by atoms with Crippen LogP contribution in [0.4, 0.5) is 0 Å². The van der Waals surface area contributed by atoms with Crippen molar-refractivity contribution in [2.45, 2.75) is 108 Å². The summed E-state index contributed by atoms with van der Waals surface area (Å²) in [5.74, 6) is 0.348. The topological polar surface area (TPSA) is 60.7 Å². The van der Waals surface area contributed by atoms with Crippen LogP contribution >= 0.6 is 0 Å². The molecule has 0 heterocycles. The Balaban J connectivity index is 0.00000324. The Labute approximate surface area is 275 Å². The predicted molar refractivity (Wildman–Crippen MR) is 197 cm³/mol. The predicted octanol–water partition coefficient (Wildman–Crippen LogP) is 10.4. The molecule has 248 valence electrons. The van der Waals surface area contributed by atoms with E-state index >= 15 is 0 Å². The number of rotatable bonds is 10. The molecular formula is C42H62O3. The van der Waals surface area contributed by atoms with Crippen molar-refractivity contribution in [3.05, 3.63) is 130 Å². The van der Waals surface area contributed by atoms with E-state index in [1.165, 1.54) is 39.0 Å². The molecule has 3 N–H and O–H groups in total. The van der Waals surface area contributed by atoms with E-state index in [0.29, 0.717) is 5.92 Å². The number of hydrogen-bond acceptors (Lipinski definition) is 3. The standard InChI is InChI=1S/C40H56O2.C2H6O/c1-29(17-13-19-31(3)21-23-37-33(5)25-35(41)27-39(37,7)8)15-11-12-16-30(2)18-14-20-32(4)22-24-38-34(6)26-36(42)28-40(38,9)10;1-2-3/h11-25,35-37,41-42H,26-28H2,1-10H3;3H,2H2,1H3/b12-11+,17-13+,18-14+,23-21+,24-22+,29-15+,30-16+,31-19+,32-20+;/t35-,36+,37-;/m0./s1. The largest absolute Gasteiger partial charge is 0.397 e. The van der Waals surface area contributed by atoms with Gasteiger partial charge in [0.1, 0.15) is 0 Å². The molecule has 3 nitrogen and oxygen atoms in total. The van der Waals surface area contributed by atoms with Crippen LogP contribution in [0.1, 0.15) is 95.4 Å². The first-order valence-electron chi connectivity index (χ1n) is 16.5. The average Bonchev–Trinajstić information content (AvgIpc) is 2.89. The van der Waals surface area contributed by atoms with Gasteiger partial charge in [-0.25, -0.2) is 0 Å². The fraction of sp³-hybridized carbons (Fsp3) is 0.476. The Bertz CT molecular complexity index is 1290. The lowest BCUT2D eigenvalue weighted by Crippen LogP contribution is -2.32. The van der Waals surface area contributed by atoms with E-state index in [9.17, 15) is 10.2 Å². The van der Waals surface area contributed by atoms with Gasteiger partial charge in [0.25, 0.3) is 0 Å². The lowest BCUT2D eigenvalue weighted by molar-refractivity contribution is 0.116. The average molecular weight is 615 g/mol. The van der Waals surface area contributed by atoms with Crippen LogP contribution in [0, 0.1) is 16.7 Å². The molecule has 0 spiro atoms. The Morgan fingerprint density at radius 1 is 0.756 bits per heavy atom. The lowest BCUT2D eigenvalue weighted by atomic mass is 9.67. The van der Waals surface area contributed by atoms with E-state index < -0.39 is 0 Å². The first-order chi connectivity index (χ1) is 21.0. The van der Waals surface area contributed by atoms with Gasteiger partial charge in [0.05, 0.1) is 12.2 Å². The highest BCUT2D eigenvalue weighted by Gasteiger charge is 2.34. The molecule has 45 heavy (non-hydrogen) atoms. The smallest absolute Gasteiger partial charge is 0.0729 e. The van der Waals surface area contributed by atoms with Crippen LogP contribution in [-0.2, 0) is 0 Å². The van der Waals surface area contributed by atoms with Crippen molar-refractivity contribution in [3.8, 4) is 0 Å². The second-order valence-corrected chi connectivity index (χ2v) is 14.0. The lowest BCUT2D eigenvalue weighted by Gasteiger charge is -2.38. The van der Waals surface area contributed by atoms with E-state index in [0.717, 1.165) is 19.3 Å². The van der Waals surface area contributed by atoms with E-state index in [-0.39, 0.29) is 29.6 Å². The van der Waals surface area contributed by atoms with Gasteiger partial charge in [-0.3, -0.25) is 0 Å². The monoisotopic (exact) mass is 614 g/mol. The molecular weight excluding hydrogens is 552 g/mol. The minimum atomic E-state index is -0.331. The maximum Gasteiger partial charge on any atom is 0.0729 e. The highest BCUT2D eigenvalue weighted by molar-refractivity contribution is 5.38. The normalized spacial score (nSPS) is 25.2. The summed E-state index contributed by atoms with van der Waals surface area (Å²) in [5.41, 5.74) is 8.73. The van der Waals surface area contributed by atoms with Crippen molar-refractivity contribution in [1.29, 1.82) is 0 Å². The van der Waals surface area contributed by atoms with E-state index in [4.69, 9.17) is 5.11 Å². The van der Waals surface area contributed by atoms with E-state index in [1.54, 1.807) is 6.92 Å². The van der Waals surface area contributed by atoms with Crippen molar-refractivity contribution in [1.82, 2.24) is 0 Å². The summed E-state index contributed by atoms with van der Waals surface area (Å²) in [4.78, 5) is 0.